The Bertz CT molecular complexity index is 1330. The Morgan fingerprint density at radius 3 is 3.07 bits per heavy atom. The number of nitrogens with zero attached hydrogens (tertiary/aromatic N) is 4. The van der Waals surface area contributed by atoms with Gasteiger partial charge in [0, 0.05) is 29.6 Å². The smallest absolute Gasteiger partial charge is 0.263 e. The SMILES string of the molecule is C=CCn1c(SCc2cn3cccc(C)c3n2)nc2sc3c(c2c1=O)CCC(C)C3. The van der Waals surface area contributed by atoms with E-state index in [1.807, 2.05) is 16.7 Å². The summed E-state index contributed by atoms with van der Waals surface area (Å²) in [4.78, 5) is 25.3. The average molecular weight is 437 g/mol. The lowest BCUT2D eigenvalue weighted by Crippen LogP contribution is -2.23. The third-order valence-corrected chi connectivity index (χ3v) is 7.93. The largest absolute Gasteiger partial charge is 0.307 e. The molecule has 4 aromatic heterocycles. The Kier molecular flexibility index (Phi) is 5.03. The maximum atomic E-state index is 13.4. The molecule has 0 spiro atoms. The molecule has 0 N–H and O–H groups in total. The van der Waals surface area contributed by atoms with Crippen molar-refractivity contribution >= 4 is 39.0 Å². The molecule has 0 amide bonds. The lowest BCUT2D eigenvalue weighted by atomic mass is 9.89. The van der Waals surface area contributed by atoms with Crippen molar-refractivity contribution in [2.24, 2.45) is 5.92 Å². The second kappa shape index (κ2) is 7.71. The van der Waals surface area contributed by atoms with Gasteiger partial charge in [-0.25, -0.2) is 9.97 Å². The van der Waals surface area contributed by atoms with Crippen molar-refractivity contribution in [3.63, 3.8) is 0 Å². The van der Waals surface area contributed by atoms with Crippen LogP contribution in [0.3, 0.4) is 0 Å². The predicted octanol–water partition coefficient (Wildman–Crippen LogP) is 5.02. The van der Waals surface area contributed by atoms with Crippen molar-refractivity contribution in [3.05, 3.63) is 69.2 Å². The van der Waals surface area contributed by atoms with Crippen LogP contribution in [0.2, 0.25) is 0 Å². The Balaban J connectivity index is 1.54. The minimum Gasteiger partial charge on any atom is -0.307 e. The highest BCUT2D eigenvalue weighted by molar-refractivity contribution is 7.98. The molecule has 0 aliphatic heterocycles. The molecule has 154 valence electrons. The molecule has 0 fully saturated rings. The van der Waals surface area contributed by atoms with E-state index in [4.69, 9.17) is 9.97 Å². The van der Waals surface area contributed by atoms with E-state index < -0.39 is 0 Å². The summed E-state index contributed by atoms with van der Waals surface area (Å²) in [7, 11) is 0. The minimum atomic E-state index is 0.0697. The van der Waals surface area contributed by atoms with Gasteiger partial charge >= 0.3 is 0 Å². The third-order valence-electron chi connectivity index (χ3n) is 5.77. The van der Waals surface area contributed by atoms with Crippen LogP contribution in [0.15, 0.2) is 47.1 Å². The van der Waals surface area contributed by atoms with Crippen LogP contribution < -0.4 is 5.56 Å². The third kappa shape index (κ3) is 3.30. The molecule has 1 aliphatic rings. The number of fused-ring (bicyclic) bond motifs is 4. The van der Waals surface area contributed by atoms with Gasteiger partial charge in [0.1, 0.15) is 10.5 Å². The summed E-state index contributed by atoms with van der Waals surface area (Å²) < 4.78 is 3.82. The average Bonchev–Trinajstić information content (AvgIpc) is 3.30. The number of thiophene rings is 1. The molecule has 30 heavy (non-hydrogen) atoms. The predicted molar refractivity (Wildman–Crippen MR) is 125 cm³/mol. The number of hydrogen-bond donors (Lipinski definition) is 0. The van der Waals surface area contributed by atoms with E-state index >= 15 is 0 Å². The van der Waals surface area contributed by atoms with Gasteiger partial charge in [0.15, 0.2) is 5.16 Å². The van der Waals surface area contributed by atoms with E-state index in [1.54, 1.807) is 33.7 Å². The molecule has 0 aromatic carbocycles. The number of rotatable bonds is 5. The van der Waals surface area contributed by atoms with Crippen molar-refractivity contribution in [2.45, 2.75) is 50.6 Å². The number of aromatic nitrogens is 4. The van der Waals surface area contributed by atoms with Crippen LogP contribution >= 0.6 is 23.1 Å². The fourth-order valence-electron chi connectivity index (χ4n) is 4.22. The van der Waals surface area contributed by atoms with E-state index in [0.717, 1.165) is 51.5 Å². The highest BCUT2D eigenvalue weighted by atomic mass is 32.2. The fourth-order valence-corrected chi connectivity index (χ4v) is 6.53. The van der Waals surface area contributed by atoms with Crippen LogP contribution in [0.1, 0.15) is 35.0 Å². The van der Waals surface area contributed by atoms with Gasteiger partial charge < -0.3 is 4.40 Å². The second-order valence-electron chi connectivity index (χ2n) is 8.07. The summed E-state index contributed by atoms with van der Waals surface area (Å²) in [5, 5.41) is 1.57. The molecule has 5 nitrogen and oxygen atoms in total. The molecular formula is C23H24N4OS2. The standard InChI is InChI=1S/C23H24N4OS2/c1-4-9-27-22(28)19-17-8-7-14(2)11-18(17)30-21(19)25-23(27)29-13-16-12-26-10-5-6-15(3)20(26)24-16/h4-6,10,12,14H,1,7-9,11,13H2,2-3H3. The van der Waals surface area contributed by atoms with Crippen LogP contribution in [0.5, 0.6) is 0 Å². The Labute approximate surface area is 183 Å². The van der Waals surface area contributed by atoms with Crippen molar-refractivity contribution in [1.29, 1.82) is 0 Å². The van der Waals surface area contributed by atoms with Crippen molar-refractivity contribution in [3.8, 4) is 0 Å². The maximum absolute atomic E-state index is 13.4. The van der Waals surface area contributed by atoms with Crippen LogP contribution in [-0.4, -0.2) is 18.9 Å². The molecule has 1 unspecified atom stereocenters. The zero-order chi connectivity index (χ0) is 20.8. The fraction of sp³-hybridized carbons (Fsp3) is 0.348. The molecule has 1 atom stereocenters. The highest BCUT2D eigenvalue weighted by Gasteiger charge is 2.24. The van der Waals surface area contributed by atoms with Gasteiger partial charge in [-0.05, 0) is 49.3 Å². The number of thioether (sulfide) groups is 1. The molecule has 4 heterocycles. The van der Waals surface area contributed by atoms with Gasteiger partial charge in [-0.1, -0.05) is 30.8 Å². The Hall–Kier alpha value is -2.38. The second-order valence-corrected chi connectivity index (χ2v) is 10.1. The minimum absolute atomic E-state index is 0.0697. The van der Waals surface area contributed by atoms with E-state index in [-0.39, 0.29) is 5.56 Å². The first kappa shape index (κ1) is 19.6. The van der Waals surface area contributed by atoms with Gasteiger partial charge in [0.05, 0.1) is 11.1 Å². The normalized spacial score (nSPS) is 16.3. The summed E-state index contributed by atoms with van der Waals surface area (Å²) in [5.41, 5.74) is 4.40. The number of aryl methyl sites for hydroxylation is 2. The van der Waals surface area contributed by atoms with Crippen molar-refractivity contribution in [2.75, 3.05) is 0 Å². The molecule has 0 saturated heterocycles. The summed E-state index contributed by atoms with van der Waals surface area (Å²) in [5.74, 6) is 1.34. The molecule has 1 aliphatic carbocycles. The van der Waals surface area contributed by atoms with Crippen LogP contribution in [0.4, 0.5) is 0 Å². The van der Waals surface area contributed by atoms with Gasteiger partial charge in [-0.15, -0.1) is 17.9 Å². The number of hydrogen-bond acceptors (Lipinski definition) is 5. The number of pyridine rings is 1. The molecule has 5 rings (SSSR count). The molecule has 0 saturated carbocycles. The van der Waals surface area contributed by atoms with Crippen molar-refractivity contribution in [1.82, 2.24) is 18.9 Å². The summed E-state index contributed by atoms with van der Waals surface area (Å²) in [6, 6.07) is 4.09. The molecule has 0 radical (unpaired) electrons. The quantitative estimate of drug-likeness (QED) is 0.250. The number of allylic oxidation sites excluding steroid dienone is 1. The van der Waals surface area contributed by atoms with Crippen molar-refractivity contribution < 1.29 is 0 Å². The first-order chi connectivity index (χ1) is 14.5. The monoisotopic (exact) mass is 436 g/mol. The van der Waals surface area contributed by atoms with E-state index in [0.29, 0.717) is 18.2 Å². The molecule has 4 aromatic rings. The zero-order valence-electron chi connectivity index (χ0n) is 17.2. The topological polar surface area (TPSA) is 52.2 Å². The lowest BCUT2D eigenvalue weighted by molar-refractivity contribution is 0.509. The lowest BCUT2D eigenvalue weighted by Gasteiger charge is -2.17. The Morgan fingerprint density at radius 1 is 1.40 bits per heavy atom. The summed E-state index contributed by atoms with van der Waals surface area (Å²) in [6.45, 7) is 8.67. The van der Waals surface area contributed by atoms with E-state index in [2.05, 4.69) is 32.7 Å². The van der Waals surface area contributed by atoms with Crippen LogP contribution in [0, 0.1) is 12.8 Å². The maximum Gasteiger partial charge on any atom is 0.263 e. The molecular weight excluding hydrogens is 412 g/mol. The number of imidazole rings is 1. The van der Waals surface area contributed by atoms with Gasteiger partial charge in [0.2, 0.25) is 0 Å². The highest BCUT2D eigenvalue weighted by Crippen LogP contribution is 2.36. The Morgan fingerprint density at radius 2 is 2.27 bits per heavy atom. The zero-order valence-corrected chi connectivity index (χ0v) is 18.9. The van der Waals surface area contributed by atoms with Gasteiger partial charge in [0.25, 0.3) is 5.56 Å². The summed E-state index contributed by atoms with van der Waals surface area (Å²) >= 11 is 3.27. The van der Waals surface area contributed by atoms with Crippen LogP contribution in [0.25, 0.3) is 15.9 Å². The molecule has 0 bridgehead atoms. The van der Waals surface area contributed by atoms with Crippen LogP contribution in [-0.2, 0) is 25.1 Å². The molecule has 7 heteroatoms. The first-order valence-electron chi connectivity index (χ1n) is 10.3. The van der Waals surface area contributed by atoms with Gasteiger partial charge in [-0.3, -0.25) is 9.36 Å². The summed E-state index contributed by atoms with van der Waals surface area (Å²) in [6.07, 6.45) is 9.01. The van der Waals surface area contributed by atoms with Gasteiger partial charge in [-0.2, -0.15) is 0 Å². The van der Waals surface area contributed by atoms with E-state index in [1.165, 1.54) is 10.4 Å². The van der Waals surface area contributed by atoms with E-state index in [9.17, 15) is 4.79 Å². The first-order valence-corrected chi connectivity index (χ1v) is 12.1.